The minimum atomic E-state index is -0.448. The zero-order valence-corrected chi connectivity index (χ0v) is 17.5. The smallest absolute Gasteiger partial charge is 0.306 e. The normalized spacial score (nSPS) is 10.4. The molecule has 0 saturated carbocycles. The molecule has 7 heteroatoms. The first-order valence-electron chi connectivity index (χ1n) is 8.46. The number of anilines is 1. The van der Waals surface area contributed by atoms with Gasteiger partial charge in [0.2, 0.25) is 0 Å². The lowest BCUT2D eigenvalue weighted by atomic mass is 10.1. The maximum Gasteiger partial charge on any atom is 0.306 e. The van der Waals surface area contributed by atoms with Gasteiger partial charge in [0.1, 0.15) is 5.75 Å². The average Bonchev–Trinajstić information content (AvgIpc) is 2.62. The molecular weight excluding hydrogens is 434 g/mol. The van der Waals surface area contributed by atoms with Crippen LogP contribution in [0.15, 0.2) is 40.9 Å². The van der Waals surface area contributed by atoms with E-state index in [2.05, 4.69) is 21.2 Å². The fraction of sp³-hybridized carbons (Fsp3) is 0.300. The van der Waals surface area contributed by atoms with Crippen molar-refractivity contribution in [1.29, 1.82) is 0 Å². The van der Waals surface area contributed by atoms with Gasteiger partial charge in [0.25, 0.3) is 5.91 Å². The number of ether oxygens (including phenoxy) is 2. The van der Waals surface area contributed by atoms with E-state index in [1.807, 2.05) is 38.1 Å². The summed E-state index contributed by atoms with van der Waals surface area (Å²) in [5, 5.41) is 3.24. The van der Waals surface area contributed by atoms with Crippen LogP contribution in [0.25, 0.3) is 0 Å². The molecule has 5 nitrogen and oxygen atoms in total. The minimum Gasteiger partial charge on any atom is -0.492 e. The summed E-state index contributed by atoms with van der Waals surface area (Å²) < 4.78 is 11.4. The fourth-order valence-electron chi connectivity index (χ4n) is 2.28. The Balaban J connectivity index is 1.67. The molecule has 0 bridgehead atoms. The molecule has 0 saturated heterocycles. The van der Waals surface area contributed by atoms with E-state index in [9.17, 15) is 9.59 Å². The molecule has 0 heterocycles. The van der Waals surface area contributed by atoms with Crippen LogP contribution in [0.5, 0.6) is 5.75 Å². The molecule has 2 rings (SSSR count). The third-order valence-corrected chi connectivity index (χ3v) is 4.71. The van der Waals surface area contributed by atoms with E-state index in [0.29, 0.717) is 23.8 Å². The Morgan fingerprint density at radius 1 is 1.19 bits per heavy atom. The largest absolute Gasteiger partial charge is 0.492 e. The quantitative estimate of drug-likeness (QED) is 0.447. The van der Waals surface area contributed by atoms with Crippen LogP contribution < -0.4 is 10.1 Å². The Morgan fingerprint density at radius 2 is 1.96 bits per heavy atom. The third-order valence-electron chi connectivity index (χ3n) is 3.92. The molecule has 0 unspecified atom stereocenters. The Bertz CT molecular complexity index is 826. The van der Waals surface area contributed by atoms with Gasteiger partial charge in [0.15, 0.2) is 6.61 Å². The highest BCUT2D eigenvalue weighted by Gasteiger charge is 2.10. The minimum absolute atomic E-state index is 0.158. The second kappa shape index (κ2) is 10.3. The molecule has 0 radical (unpaired) electrons. The van der Waals surface area contributed by atoms with Crippen molar-refractivity contribution in [3.63, 3.8) is 0 Å². The van der Waals surface area contributed by atoms with E-state index >= 15 is 0 Å². The van der Waals surface area contributed by atoms with E-state index in [4.69, 9.17) is 21.1 Å². The van der Waals surface area contributed by atoms with Crippen LogP contribution in [0.2, 0.25) is 5.02 Å². The highest BCUT2D eigenvalue weighted by molar-refractivity contribution is 9.10. The van der Waals surface area contributed by atoms with E-state index in [1.165, 1.54) is 0 Å². The van der Waals surface area contributed by atoms with Crippen molar-refractivity contribution in [2.75, 3.05) is 18.5 Å². The number of aryl methyl sites for hydroxylation is 1. The summed E-state index contributed by atoms with van der Waals surface area (Å²) in [5.41, 5.74) is 2.78. The molecule has 0 aliphatic carbocycles. The topological polar surface area (TPSA) is 64.6 Å². The number of hydrogen-bond acceptors (Lipinski definition) is 4. The van der Waals surface area contributed by atoms with Crippen LogP contribution in [-0.4, -0.2) is 25.1 Å². The lowest BCUT2D eigenvalue weighted by Gasteiger charge is -2.11. The highest BCUT2D eigenvalue weighted by atomic mass is 79.9. The maximum absolute atomic E-state index is 11.9. The van der Waals surface area contributed by atoms with Crippen LogP contribution >= 0.6 is 27.5 Å². The van der Waals surface area contributed by atoms with Gasteiger partial charge in [-0.1, -0.05) is 39.7 Å². The summed E-state index contributed by atoms with van der Waals surface area (Å²) in [5.74, 6) is -0.257. The molecule has 144 valence electrons. The molecule has 0 aromatic heterocycles. The molecule has 2 aromatic rings. The summed E-state index contributed by atoms with van der Waals surface area (Å²) in [4.78, 5) is 23.7. The molecule has 2 aromatic carbocycles. The van der Waals surface area contributed by atoms with Gasteiger partial charge in [0, 0.05) is 16.6 Å². The molecule has 0 fully saturated rings. The van der Waals surface area contributed by atoms with Gasteiger partial charge in [-0.05, 0) is 55.7 Å². The van der Waals surface area contributed by atoms with E-state index in [1.54, 1.807) is 12.1 Å². The Labute approximate surface area is 172 Å². The van der Waals surface area contributed by atoms with Crippen molar-refractivity contribution in [2.24, 2.45) is 0 Å². The summed E-state index contributed by atoms with van der Waals surface area (Å²) >= 11 is 9.37. The van der Waals surface area contributed by atoms with Gasteiger partial charge in [-0.25, -0.2) is 0 Å². The van der Waals surface area contributed by atoms with Crippen molar-refractivity contribution < 1.29 is 19.1 Å². The Morgan fingerprint density at radius 3 is 2.70 bits per heavy atom. The van der Waals surface area contributed by atoms with Gasteiger partial charge in [-0.3, -0.25) is 9.59 Å². The van der Waals surface area contributed by atoms with Crippen molar-refractivity contribution in [2.45, 2.75) is 26.7 Å². The van der Waals surface area contributed by atoms with Crippen molar-refractivity contribution in [3.05, 3.63) is 57.0 Å². The highest BCUT2D eigenvalue weighted by Crippen LogP contribution is 2.27. The first kappa shape index (κ1) is 21.3. The van der Waals surface area contributed by atoms with E-state index < -0.39 is 5.97 Å². The molecule has 0 atom stereocenters. The van der Waals surface area contributed by atoms with Gasteiger partial charge < -0.3 is 14.8 Å². The van der Waals surface area contributed by atoms with Crippen LogP contribution in [0.3, 0.4) is 0 Å². The molecule has 27 heavy (non-hydrogen) atoms. The van der Waals surface area contributed by atoms with Gasteiger partial charge in [-0.2, -0.15) is 0 Å². The summed E-state index contributed by atoms with van der Waals surface area (Å²) in [7, 11) is 0. The number of carbonyl (C=O) groups excluding carboxylic acids is 2. The van der Waals surface area contributed by atoms with Gasteiger partial charge in [-0.15, -0.1) is 0 Å². The number of carbonyl (C=O) groups is 2. The SMILES string of the molecule is Cc1cccc(NC(=O)COC(=O)CCCOc2ccc(Br)cc2Cl)c1C. The van der Waals surface area contributed by atoms with Crippen molar-refractivity contribution >= 4 is 45.1 Å². The second-order valence-corrected chi connectivity index (χ2v) is 7.31. The van der Waals surface area contributed by atoms with E-state index in [-0.39, 0.29) is 18.9 Å². The summed E-state index contributed by atoms with van der Waals surface area (Å²) in [6, 6.07) is 11.0. The van der Waals surface area contributed by atoms with Gasteiger partial charge >= 0.3 is 5.97 Å². The van der Waals surface area contributed by atoms with Gasteiger partial charge in [0.05, 0.1) is 11.6 Å². The molecule has 1 N–H and O–H groups in total. The van der Waals surface area contributed by atoms with Crippen LogP contribution in [0, 0.1) is 13.8 Å². The zero-order valence-electron chi connectivity index (χ0n) is 15.2. The molecule has 0 aliphatic rings. The Hall–Kier alpha value is -2.05. The molecular formula is C20H21BrClNO4. The molecule has 0 aliphatic heterocycles. The maximum atomic E-state index is 11.9. The van der Waals surface area contributed by atoms with Crippen molar-refractivity contribution in [3.8, 4) is 5.75 Å². The monoisotopic (exact) mass is 453 g/mol. The lowest BCUT2D eigenvalue weighted by molar-refractivity contribution is -0.147. The number of nitrogens with one attached hydrogen (secondary N) is 1. The first-order chi connectivity index (χ1) is 12.9. The predicted molar refractivity (Wildman–Crippen MR) is 109 cm³/mol. The second-order valence-electron chi connectivity index (χ2n) is 5.98. The van der Waals surface area contributed by atoms with Crippen LogP contribution in [0.1, 0.15) is 24.0 Å². The van der Waals surface area contributed by atoms with Crippen molar-refractivity contribution in [1.82, 2.24) is 0 Å². The predicted octanol–water partition coefficient (Wildman–Crippen LogP) is 5.06. The zero-order chi connectivity index (χ0) is 19.8. The number of rotatable bonds is 8. The molecule has 1 amide bonds. The van der Waals surface area contributed by atoms with Crippen LogP contribution in [-0.2, 0) is 14.3 Å². The fourth-order valence-corrected chi connectivity index (χ4v) is 3.01. The number of halogens is 2. The first-order valence-corrected chi connectivity index (χ1v) is 9.63. The number of benzene rings is 2. The standard InChI is InChI=1S/C20H21BrClNO4/c1-13-5-3-6-17(14(13)2)23-19(24)12-27-20(25)7-4-10-26-18-9-8-15(21)11-16(18)22/h3,5-6,8-9,11H,4,7,10,12H2,1-2H3,(H,23,24). The summed E-state index contributed by atoms with van der Waals surface area (Å²) in [6.45, 7) is 3.90. The third kappa shape index (κ3) is 6.88. The number of hydrogen-bond donors (Lipinski definition) is 1. The average molecular weight is 455 g/mol. The summed E-state index contributed by atoms with van der Waals surface area (Å²) in [6.07, 6.45) is 0.620. The lowest BCUT2D eigenvalue weighted by Crippen LogP contribution is -2.21. The Kier molecular flexibility index (Phi) is 8.13. The molecule has 0 spiro atoms. The van der Waals surface area contributed by atoms with Crippen LogP contribution in [0.4, 0.5) is 5.69 Å². The number of esters is 1. The van der Waals surface area contributed by atoms with E-state index in [0.717, 1.165) is 21.3 Å². The number of amides is 1.